The molecule has 92 valence electrons. The van der Waals surface area contributed by atoms with Crippen LogP contribution in [0.1, 0.15) is 19.3 Å². The lowest BCUT2D eigenvalue weighted by atomic mass is 10.1. The van der Waals surface area contributed by atoms with Gasteiger partial charge in [0.25, 0.3) is 5.92 Å². The number of hydrogen-bond acceptors (Lipinski definition) is 2. The lowest BCUT2D eigenvalue weighted by molar-refractivity contribution is 0.0833. The van der Waals surface area contributed by atoms with Gasteiger partial charge in [0.05, 0.1) is 0 Å². The van der Waals surface area contributed by atoms with Gasteiger partial charge in [-0.2, -0.15) is 0 Å². The van der Waals surface area contributed by atoms with E-state index in [9.17, 15) is 8.78 Å². The molecule has 2 fully saturated rings. The molecule has 0 spiro atoms. The summed E-state index contributed by atoms with van der Waals surface area (Å²) in [5, 5.41) is 0. The van der Waals surface area contributed by atoms with Gasteiger partial charge in [0.2, 0.25) is 0 Å². The average Bonchev–Trinajstić information content (AvgIpc) is 2.64. The van der Waals surface area contributed by atoms with E-state index in [0.29, 0.717) is 6.54 Å². The number of nitrogens with zero attached hydrogens (tertiary/aromatic N) is 1. The van der Waals surface area contributed by atoms with Crippen molar-refractivity contribution in [3.05, 3.63) is 0 Å². The minimum Gasteiger partial charge on any atom is -0.328 e. The van der Waals surface area contributed by atoms with E-state index in [1.807, 2.05) is 0 Å². The fourth-order valence-corrected chi connectivity index (χ4v) is 1.91. The van der Waals surface area contributed by atoms with Crippen LogP contribution in [0.2, 0.25) is 0 Å². The third kappa shape index (κ3) is 4.02. The molecule has 0 bridgehead atoms. The van der Waals surface area contributed by atoms with Crippen LogP contribution in [-0.4, -0.2) is 36.5 Å². The molecule has 1 atom stereocenters. The molecule has 2 nitrogen and oxygen atoms in total. The fraction of sp³-hybridized carbons (Fsp3) is 1.00. The van der Waals surface area contributed by atoms with Gasteiger partial charge in [-0.1, -0.05) is 0 Å². The van der Waals surface area contributed by atoms with Crippen molar-refractivity contribution in [1.82, 2.24) is 4.90 Å². The molecule has 1 heterocycles. The van der Waals surface area contributed by atoms with Gasteiger partial charge >= 0.3 is 0 Å². The zero-order chi connectivity index (χ0) is 9.47. The number of piperidine rings is 1. The molecule has 0 aromatic carbocycles. The minimum absolute atomic E-state index is 0. The van der Waals surface area contributed by atoms with Crippen molar-refractivity contribution in [3.8, 4) is 0 Å². The molecule has 1 saturated carbocycles. The highest BCUT2D eigenvalue weighted by atomic mass is 35.5. The average molecular weight is 263 g/mol. The van der Waals surface area contributed by atoms with Crippen LogP contribution in [0.25, 0.3) is 0 Å². The normalized spacial score (nSPS) is 30.2. The van der Waals surface area contributed by atoms with Crippen molar-refractivity contribution >= 4 is 24.8 Å². The van der Waals surface area contributed by atoms with Crippen LogP contribution >= 0.6 is 24.8 Å². The summed E-state index contributed by atoms with van der Waals surface area (Å²) in [6.07, 6.45) is 2.01. The maximum Gasteiger partial charge on any atom is 0.252 e. The minimum atomic E-state index is -2.36. The van der Waals surface area contributed by atoms with Crippen molar-refractivity contribution in [2.45, 2.75) is 31.2 Å². The van der Waals surface area contributed by atoms with Crippen LogP contribution in [0, 0.1) is 5.92 Å². The SMILES string of the molecule is Cl.Cl.NC1CCN(CC2CC2(F)F)CC1. The zero-order valence-corrected chi connectivity index (χ0v) is 10.1. The van der Waals surface area contributed by atoms with Crippen LogP contribution in [0.4, 0.5) is 8.78 Å². The quantitative estimate of drug-likeness (QED) is 0.824. The molecule has 2 N–H and O–H groups in total. The van der Waals surface area contributed by atoms with Gasteiger partial charge in [-0.25, -0.2) is 8.78 Å². The topological polar surface area (TPSA) is 29.3 Å². The van der Waals surface area contributed by atoms with Crippen LogP contribution in [-0.2, 0) is 0 Å². The Morgan fingerprint density at radius 2 is 1.67 bits per heavy atom. The smallest absolute Gasteiger partial charge is 0.252 e. The Bertz CT molecular complexity index is 197. The first-order chi connectivity index (χ1) is 6.08. The monoisotopic (exact) mass is 262 g/mol. The Labute approximate surface area is 101 Å². The van der Waals surface area contributed by atoms with Crippen LogP contribution in [0.5, 0.6) is 0 Å². The maximum atomic E-state index is 12.6. The lowest BCUT2D eigenvalue weighted by Gasteiger charge is -2.29. The molecular formula is C9H18Cl2F2N2. The molecule has 6 heteroatoms. The number of likely N-dealkylation sites (tertiary alicyclic amines) is 1. The van der Waals surface area contributed by atoms with E-state index in [-0.39, 0.29) is 43.2 Å². The van der Waals surface area contributed by atoms with Crippen molar-refractivity contribution in [2.75, 3.05) is 19.6 Å². The standard InChI is InChI=1S/C9H16F2N2.2ClH/c10-9(11)5-7(9)6-13-3-1-8(12)2-4-13;;/h7-8H,1-6,12H2;2*1H. The number of hydrogen-bond donors (Lipinski definition) is 1. The second-order valence-corrected chi connectivity index (χ2v) is 4.30. The third-order valence-electron chi connectivity index (χ3n) is 3.07. The highest BCUT2D eigenvalue weighted by Gasteiger charge is 2.56. The van der Waals surface area contributed by atoms with Crippen LogP contribution in [0.3, 0.4) is 0 Å². The van der Waals surface area contributed by atoms with Gasteiger partial charge in [0.15, 0.2) is 0 Å². The Morgan fingerprint density at radius 1 is 1.20 bits per heavy atom. The van der Waals surface area contributed by atoms with Gasteiger partial charge in [-0.15, -0.1) is 24.8 Å². The molecule has 0 aromatic heterocycles. The van der Waals surface area contributed by atoms with Crippen molar-refractivity contribution in [2.24, 2.45) is 11.7 Å². The second kappa shape index (κ2) is 5.62. The molecule has 0 radical (unpaired) electrons. The molecule has 0 amide bonds. The molecule has 2 rings (SSSR count). The van der Waals surface area contributed by atoms with Gasteiger partial charge in [-0.05, 0) is 25.9 Å². The number of nitrogens with two attached hydrogens (primary N) is 1. The summed E-state index contributed by atoms with van der Waals surface area (Å²) in [5.74, 6) is -2.73. The summed E-state index contributed by atoms with van der Waals surface area (Å²) in [5.41, 5.74) is 5.72. The predicted molar refractivity (Wildman–Crippen MR) is 61.2 cm³/mol. The van der Waals surface area contributed by atoms with Gasteiger partial charge in [0, 0.05) is 24.9 Å². The van der Waals surface area contributed by atoms with Gasteiger partial charge < -0.3 is 10.6 Å². The zero-order valence-electron chi connectivity index (χ0n) is 8.49. The first-order valence-electron chi connectivity index (χ1n) is 4.94. The molecule has 1 unspecified atom stereocenters. The van der Waals surface area contributed by atoms with E-state index >= 15 is 0 Å². The summed E-state index contributed by atoms with van der Waals surface area (Å²) in [4.78, 5) is 2.12. The summed E-state index contributed by atoms with van der Waals surface area (Å²) >= 11 is 0. The van der Waals surface area contributed by atoms with E-state index in [1.54, 1.807) is 0 Å². The fourth-order valence-electron chi connectivity index (χ4n) is 1.91. The van der Waals surface area contributed by atoms with Crippen LogP contribution in [0.15, 0.2) is 0 Å². The van der Waals surface area contributed by atoms with E-state index in [1.165, 1.54) is 0 Å². The van der Waals surface area contributed by atoms with E-state index < -0.39 is 5.92 Å². The summed E-state index contributed by atoms with van der Waals surface area (Å²) in [6.45, 7) is 2.36. The molecule has 1 aliphatic heterocycles. The first kappa shape index (κ1) is 15.4. The summed E-state index contributed by atoms with van der Waals surface area (Å²) in [7, 11) is 0. The number of halogens is 4. The van der Waals surface area contributed by atoms with Gasteiger partial charge in [-0.3, -0.25) is 0 Å². The summed E-state index contributed by atoms with van der Waals surface area (Å²) in [6, 6.07) is 0.288. The van der Waals surface area contributed by atoms with E-state index in [2.05, 4.69) is 4.90 Å². The molecule has 1 saturated heterocycles. The van der Waals surface area contributed by atoms with E-state index in [0.717, 1.165) is 25.9 Å². The first-order valence-corrected chi connectivity index (χ1v) is 4.94. The predicted octanol–water partition coefficient (Wildman–Crippen LogP) is 1.91. The number of alkyl halides is 2. The third-order valence-corrected chi connectivity index (χ3v) is 3.07. The Balaban J connectivity index is 0.000000980. The lowest BCUT2D eigenvalue weighted by Crippen LogP contribution is -2.40. The highest BCUT2D eigenvalue weighted by Crippen LogP contribution is 2.48. The Hall–Kier alpha value is 0.360. The molecular weight excluding hydrogens is 245 g/mol. The Kier molecular flexibility index (Phi) is 5.75. The molecule has 2 aliphatic rings. The molecule has 1 aliphatic carbocycles. The van der Waals surface area contributed by atoms with Crippen molar-refractivity contribution in [3.63, 3.8) is 0 Å². The highest BCUT2D eigenvalue weighted by molar-refractivity contribution is 5.85. The maximum absolute atomic E-state index is 12.6. The largest absolute Gasteiger partial charge is 0.328 e. The summed E-state index contributed by atoms with van der Waals surface area (Å²) < 4.78 is 25.2. The Morgan fingerprint density at radius 3 is 2.07 bits per heavy atom. The van der Waals surface area contributed by atoms with Gasteiger partial charge in [0.1, 0.15) is 0 Å². The second-order valence-electron chi connectivity index (χ2n) is 4.30. The van der Waals surface area contributed by atoms with Crippen LogP contribution < -0.4 is 5.73 Å². The van der Waals surface area contributed by atoms with Crippen molar-refractivity contribution < 1.29 is 8.78 Å². The van der Waals surface area contributed by atoms with E-state index in [4.69, 9.17) is 5.73 Å². The molecule has 0 aromatic rings. The molecule has 15 heavy (non-hydrogen) atoms. The number of rotatable bonds is 2. The van der Waals surface area contributed by atoms with Crippen molar-refractivity contribution in [1.29, 1.82) is 0 Å².